The van der Waals surface area contributed by atoms with Gasteiger partial charge >= 0.3 is 0 Å². The van der Waals surface area contributed by atoms with Crippen molar-refractivity contribution in [2.75, 3.05) is 32.8 Å². The van der Waals surface area contributed by atoms with Gasteiger partial charge in [-0.1, -0.05) is 0 Å². The van der Waals surface area contributed by atoms with E-state index < -0.39 is 0 Å². The lowest BCUT2D eigenvalue weighted by atomic mass is 10.1. The van der Waals surface area contributed by atoms with Crippen molar-refractivity contribution in [3.8, 4) is 0 Å². The van der Waals surface area contributed by atoms with Crippen LogP contribution in [0.5, 0.6) is 0 Å². The highest BCUT2D eigenvalue weighted by atomic mass is 16.5. The lowest BCUT2D eigenvalue weighted by Crippen LogP contribution is -2.38. The van der Waals surface area contributed by atoms with E-state index in [1.807, 2.05) is 18.7 Å². The lowest BCUT2D eigenvalue weighted by molar-refractivity contribution is 0.00180. The smallest absolute Gasteiger partial charge is 0.0946 e. The standard InChI is InChI=1S/C13H23N3O2/c17-10-1-11-18-13-2-5-15(6-3-13)8-9-16-7-4-14-12-16/h4,7,12-13,17H,1-3,5-6,8-11H2. The van der Waals surface area contributed by atoms with Gasteiger partial charge in [0, 0.05) is 51.8 Å². The van der Waals surface area contributed by atoms with Gasteiger partial charge in [-0.2, -0.15) is 0 Å². The predicted octanol–water partition coefficient (Wildman–Crippen LogP) is 0.746. The minimum atomic E-state index is 0.226. The predicted molar refractivity (Wildman–Crippen MR) is 69.3 cm³/mol. The quantitative estimate of drug-likeness (QED) is 0.728. The minimum Gasteiger partial charge on any atom is -0.396 e. The number of aromatic nitrogens is 2. The number of piperidine rings is 1. The highest BCUT2D eigenvalue weighted by Gasteiger charge is 2.18. The molecule has 1 aliphatic rings. The monoisotopic (exact) mass is 253 g/mol. The van der Waals surface area contributed by atoms with Crippen LogP contribution in [0.3, 0.4) is 0 Å². The van der Waals surface area contributed by atoms with Crippen molar-refractivity contribution < 1.29 is 9.84 Å². The van der Waals surface area contributed by atoms with Crippen molar-refractivity contribution in [2.45, 2.75) is 31.9 Å². The summed E-state index contributed by atoms with van der Waals surface area (Å²) in [6, 6.07) is 0. The molecule has 2 rings (SSSR count). The van der Waals surface area contributed by atoms with Crippen molar-refractivity contribution in [1.29, 1.82) is 0 Å². The Kier molecular flexibility index (Phi) is 5.64. The van der Waals surface area contributed by atoms with Crippen molar-refractivity contribution in [1.82, 2.24) is 14.5 Å². The number of hydrogen-bond acceptors (Lipinski definition) is 4. The molecule has 1 fully saturated rings. The second-order valence-electron chi connectivity index (χ2n) is 4.79. The molecule has 5 heteroatoms. The molecule has 0 atom stereocenters. The molecule has 0 saturated carbocycles. The van der Waals surface area contributed by atoms with E-state index >= 15 is 0 Å². The minimum absolute atomic E-state index is 0.226. The summed E-state index contributed by atoms with van der Waals surface area (Å²) in [6.07, 6.45) is 9.04. The Morgan fingerprint density at radius 3 is 2.78 bits per heavy atom. The molecule has 18 heavy (non-hydrogen) atoms. The Morgan fingerprint density at radius 1 is 1.28 bits per heavy atom. The zero-order valence-corrected chi connectivity index (χ0v) is 10.9. The maximum absolute atomic E-state index is 8.70. The molecule has 2 heterocycles. The molecule has 1 aromatic rings. The largest absolute Gasteiger partial charge is 0.396 e. The van der Waals surface area contributed by atoms with Crippen molar-refractivity contribution >= 4 is 0 Å². The first-order chi connectivity index (χ1) is 8.88. The Balaban J connectivity index is 1.58. The third kappa shape index (κ3) is 4.40. The third-order valence-corrected chi connectivity index (χ3v) is 3.42. The summed E-state index contributed by atoms with van der Waals surface area (Å²) in [5.74, 6) is 0. The van der Waals surface area contributed by atoms with Crippen LogP contribution in [0, 0.1) is 0 Å². The van der Waals surface area contributed by atoms with Gasteiger partial charge in [0.2, 0.25) is 0 Å². The van der Waals surface area contributed by atoms with Crippen molar-refractivity contribution in [3.63, 3.8) is 0 Å². The highest BCUT2D eigenvalue weighted by Crippen LogP contribution is 2.13. The van der Waals surface area contributed by atoms with Crippen LogP contribution >= 0.6 is 0 Å². The van der Waals surface area contributed by atoms with Crippen LogP contribution in [0.15, 0.2) is 18.7 Å². The van der Waals surface area contributed by atoms with Gasteiger partial charge in [-0.25, -0.2) is 4.98 Å². The van der Waals surface area contributed by atoms with Gasteiger partial charge in [0.25, 0.3) is 0 Å². The normalized spacial score (nSPS) is 18.3. The number of likely N-dealkylation sites (tertiary alicyclic amines) is 1. The lowest BCUT2D eigenvalue weighted by Gasteiger charge is -2.31. The van der Waals surface area contributed by atoms with Crippen molar-refractivity contribution in [2.24, 2.45) is 0 Å². The number of aliphatic hydroxyl groups excluding tert-OH is 1. The summed E-state index contributed by atoms with van der Waals surface area (Å²) in [6.45, 7) is 5.23. The summed E-state index contributed by atoms with van der Waals surface area (Å²) in [4.78, 5) is 6.52. The number of imidazole rings is 1. The van der Waals surface area contributed by atoms with E-state index in [-0.39, 0.29) is 6.61 Å². The fourth-order valence-corrected chi connectivity index (χ4v) is 2.29. The van der Waals surface area contributed by atoms with Gasteiger partial charge in [0.05, 0.1) is 12.4 Å². The molecule has 1 N–H and O–H groups in total. The van der Waals surface area contributed by atoms with E-state index in [0.717, 1.165) is 45.4 Å². The topological polar surface area (TPSA) is 50.5 Å². The number of rotatable bonds is 7. The summed E-state index contributed by atoms with van der Waals surface area (Å²) in [7, 11) is 0. The van der Waals surface area contributed by atoms with Crippen LogP contribution in [0.1, 0.15) is 19.3 Å². The fraction of sp³-hybridized carbons (Fsp3) is 0.769. The average Bonchev–Trinajstić information content (AvgIpc) is 2.91. The van der Waals surface area contributed by atoms with Gasteiger partial charge in [-0.15, -0.1) is 0 Å². The van der Waals surface area contributed by atoms with Gasteiger partial charge in [0.15, 0.2) is 0 Å². The zero-order chi connectivity index (χ0) is 12.6. The maximum Gasteiger partial charge on any atom is 0.0946 e. The Bertz CT molecular complexity index is 308. The second-order valence-corrected chi connectivity index (χ2v) is 4.79. The first kappa shape index (κ1) is 13.5. The van der Waals surface area contributed by atoms with E-state index in [4.69, 9.17) is 9.84 Å². The van der Waals surface area contributed by atoms with E-state index in [2.05, 4.69) is 14.5 Å². The maximum atomic E-state index is 8.70. The number of ether oxygens (including phenoxy) is 1. The molecule has 0 spiro atoms. The average molecular weight is 253 g/mol. The molecule has 0 unspecified atom stereocenters. The summed E-state index contributed by atoms with van der Waals surface area (Å²) >= 11 is 0. The molecule has 1 saturated heterocycles. The molecular weight excluding hydrogens is 230 g/mol. The molecule has 0 amide bonds. The molecule has 0 aromatic carbocycles. The molecule has 0 aliphatic carbocycles. The number of hydrogen-bond donors (Lipinski definition) is 1. The third-order valence-electron chi connectivity index (χ3n) is 3.42. The fourth-order valence-electron chi connectivity index (χ4n) is 2.29. The summed E-state index contributed by atoms with van der Waals surface area (Å²) in [5.41, 5.74) is 0. The molecule has 0 bridgehead atoms. The summed E-state index contributed by atoms with van der Waals surface area (Å²) in [5, 5.41) is 8.70. The van der Waals surface area contributed by atoms with E-state index in [1.165, 1.54) is 0 Å². The van der Waals surface area contributed by atoms with E-state index in [1.54, 1.807) is 0 Å². The summed E-state index contributed by atoms with van der Waals surface area (Å²) < 4.78 is 7.84. The number of aliphatic hydroxyl groups is 1. The molecule has 5 nitrogen and oxygen atoms in total. The van der Waals surface area contributed by atoms with Crippen LogP contribution in [0.4, 0.5) is 0 Å². The van der Waals surface area contributed by atoms with E-state index in [9.17, 15) is 0 Å². The Hall–Kier alpha value is -0.910. The zero-order valence-electron chi connectivity index (χ0n) is 10.9. The molecular formula is C13H23N3O2. The highest BCUT2D eigenvalue weighted by molar-refractivity contribution is 4.76. The molecule has 102 valence electrons. The van der Waals surface area contributed by atoms with Crippen LogP contribution < -0.4 is 0 Å². The van der Waals surface area contributed by atoms with Gasteiger partial charge in [0.1, 0.15) is 0 Å². The van der Waals surface area contributed by atoms with Gasteiger partial charge in [-0.3, -0.25) is 0 Å². The van der Waals surface area contributed by atoms with Crippen LogP contribution in [0.2, 0.25) is 0 Å². The van der Waals surface area contributed by atoms with Crippen LogP contribution in [-0.2, 0) is 11.3 Å². The SMILES string of the molecule is OCCCOC1CCN(CCn2ccnc2)CC1. The molecule has 0 radical (unpaired) electrons. The first-order valence-corrected chi connectivity index (χ1v) is 6.79. The van der Waals surface area contributed by atoms with Gasteiger partial charge < -0.3 is 19.3 Å². The Labute approximate surface area is 108 Å². The van der Waals surface area contributed by atoms with Gasteiger partial charge in [-0.05, 0) is 19.3 Å². The molecule has 1 aliphatic heterocycles. The number of nitrogens with zero attached hydrogens (tertiary/aromatic N) is 3. The first-order valence-electron chi connectivity index (χ1n) is 6.79. The Morgan fingerprint density at radius 2 is 2.11 bits per heavy atom. The van der Waals surface area contributed by atoms with E-state index in [0.29, 0.717) is 12.7 Å². The van der Waals surface area contributed by atoms with Crippen molar-refractivity contribution in [3.05, 3.63) is 18.7 Å². The van der Waals surface area contributed by atoms with Crippen LogP contribution in [0.25, 0.3) is 0 Å². The van der Waals surface area contributed by atoms with Crippen LogP contribution in [-0.4, -0.2) is 58.5 Å². The second kappa shape index (κ2) is 7.51. The molecule has 1 aromatic heterocycles.